The largest absolute Gasteiger partial charge is 0.374 e. The van der Waals surface area contributed by atoms with E-state index in [2.05, 4.69) is 21.8 Å². The Hall–Kier alpha value is -0.590. The Bertz CT molecular complexity index is 403. The van der Waals surface area contributed by atoms with Gasteiger partial charge in [0.15, 0.2) is 0 Å². The molecule has 1 aromatic heterocycles. The molecule has 5 nitrogen and oxygen atoms in total. The van der Waals surface area contributed by atoms with Crippen LogP contribution in [0, 0.1) is 0 Å². The fourth-order valence-corrected chi connectivity index (χ4v) is 4.22. The van der Waals surface area contributed by atoms with Gasteiger partial charge in [-0.05, 0) is 32.1 Å². The molecular weight excluding hydrogens is 248 g/mol. The van der Waals surface area contributed by atoms with E-state index in [4.69, 9.17) is 4.74 Å². The molecule has 1 aromatic rings. The highest BCUT2D eigenvalue weighted by Crippen LogP contribution is 2.41. The predicted molar refractivity (Wildman–Crippen MR) is 71.7 cm³/mol. The van der Waals surface area contributed by atoms with Crippen molar-refractivity contribution in [2.75, 3.05) is 25.2 Å². The van der Waals surface area contributed by atoms with E-state index in [-0.39, 0.29) is 5.60 Å². The quantitative estimate of drug-likeness (QED) is 0.893. The van der Waals surface area contributed by atoms with Crippen molar-refractivity contribution in [1.29, 1.82) is 0 Å². The number of hydrogen-bond acceptors (Lipinski definition) is 5. The third kappa shape index (κ3) is 2.41. The van der Waals surface area contributed by atoms with Gasteiger partial charge in [-0.15, -0.1) is 5.10 Å². The Morgan fingerprint density at radius 1 is 1.67 bits per heavy atom. The Labute approximate surface area is 112 Å². The maximum Gasteiger partial charge on any atom is 0.0964 e. The van der Waals surface area contributed by atoms with E-state index in [0.29, 0.717) is 6.04 Å². The summed E-state index contributed by atoms with van der Waals surface area (Å²) in [5.41, 5.74) is 1.13. The van der Waals surface area contributed by atoms with Crippen molar-refractivity contribution in [2.24, 2.45) is 0 Å². The Balaban J connectivity index is 1.71. The van der Waals surface area contributed by atoms with Crippen molar-refractivity contribution < 1.29 is 4.74 Å². The summed E-state index contributed by atoms with van der Waals surface area (Å²) in [4.78, 5) is 0. The zero-order chi connectivity index (χ0) is 12.4. The maximum atomic E-state index is 6.04. The van der Waals surface area contributed by atoms with Crippen molar-refractivity contribution in [3.8, 4) is 0 Å². The van der Waals surface area contributed by atoms with Gasteiger partial charge >= 0.3 is 0 Å². The fraction of sp³-hybridized carbons (Fsp3) is 0.833. The average Bonchev–Trinajstić information content (AvgIpc) is 3.00. The zero-order valence-corrected chi connectivity index (χ0v) is 11.6. The van der Waals surface area contributed by atoms with Crippen LogP contribution in [0.5, 0.6) is 0 Å². The molecule has 1 N–H and O–H groups in total. The van der Waals surface area contributed by atoms with Crippen molar-refractivity contribution in [1.82, 2.24) is 20.3 Å². The second kappa shape index (κ2) is 5.19. The topological polar surface area (TPSA) is 52.0 Å². The maximum absolute atomic E-state index is 6.04. The fourth-order valence-electron chi connectivity index (χ4n) is 2.84. The van der Waals surface area contributed by atoms with Crippen LogP contribution >= 0.6 is 11.8 Å². The second-order valence-corrected chi connectivity index (χ2v) is 6.31. The van der Waals surface area contributed by atoms with Gasteiger partial charge in [-0.1, -0.05) is 5.21 Å². The first-order valence-electron chi connectivity index (χ1n) is 6.58. The molecule has 0 bridgehead atoms. The highest BCUT2D eigenvalue weighted by atomic mass is 32.2. The minimum Gasteiger partial charge on any atom is -0.374 e. The Kier molecular flexibility index (Phi) is 3.59. The third-order valence-corrected chi connectivity index (χ3v) is 5.05. The van der Waals surface area contributed by atoms with Crippen LogP contribution in [0.25, 0.3) is 0 Å². The summed E-state index contributed by atoms with van der Waals surface area (Å²) in [5, 5.41) is 11.6. The van der Waals surface area contributed by atoms with Gasteiger partial charge in [-0.3, -0.25) is 0 Å². The molecule has 6 heteroatoms. The van der Waals surface area contributed by atoms with Gasteiger partial charge in [0.1, 0.15) is 0 Å². The van der Waals surface area contributed by atoms with Crippen molar-refractivity contribution in [3.63, 3.8) is 0 Å². The van der Waals surface area contributed by atoms with Crippen molar-refractivity contribution >= 4 is 11.8 Å². The lowest BCUT2D eigenvalue weighted by Gasteiger charge is -2.37. The minimum atomic E-state index is 0.114. The lowest BCUT2D eigenvalue weighted by atomic mass is 9.90. The molecule has 0 saturated carbocycles. The molecule has 0 radical (unpaired) electrons. The Morgan fingerprint density at radius 2 is 2.61 bits per heavy atom. The molecule has 3 heterocycles. The first-order chi connectivity index (χ1) is 8.81. The number of ether oxygens (including phenoxy) is 1. The Morgan fingerprint density at radius 3 is 3.39 bits per heavy atom. The number of rotatable bonds is 3. The lowest BCUT2D eigenvalue weighted by molar-refractivity contribution is -0.0780. The van der Waals surface area contributed by atoms with Crippen LogP contribution in [0.4, 0.5) is 0 Å². The monoisotopic (exact) mass is 268 g/mol. The van der Waals surface area contributed by atoms with Gasteiger partial charge in [0.05, 0.1) is 23.5 Å². The number of nitrogens with zero attached hydrogens (tertiary/aromatic N) is 3. The molecule has 2 atom stereocenters. The number of aromatic nitrogens is 3. The van der Waals surface area contributed by atoms with Crippen LogP contribution in [-0.4, -0.2) is 45.8 Å². The van der Waals surface area contributed by atoms with E-state index >= 15 is 0 Å². The SMILES string of the molecule is CNCc1cn(C2CCOC3(CCSC3)C2)nn1. The zero-order valence-electron chi connectivity index (χ0n) is 10.8. The van der Waals surface area contributed by atoms with Crippen LogP contribution < -0.4 is 5.32 Å². The predicted octanol–water partition coefficient (Wildman–Crippen LogP) is 1.22. The van der Waals surface area contributed by atoms with Crippen molar-refractivity contribution in [3.05, 3.63) is 11.9 Å². The smallest absolute Gasteiger partial charge is 0.0964 e. The van der Waals surface area contributed by atoms with Crippen LogP contribution in [0.3, 0.4) is 0 Å². The molecule has 3 rings (SSSR count). The van der Waals surface area contributed by atoms with Crippen LogP contribution in [0.2, 0.25) is 0 Å². The van der Waals surface area contributed by atoms with E-state index in [1.165, 1.54) is 12.2 Å². The lowest BCUT2D eigenvalue weighted by Crippen LogP contribution is -2.40. The van der Waals surface area contributed by atoms with Crippen LogP contribution in [0.15, 0.2) is 6.20 Å². The molecule has 1 spiro atoms. The van der Waals surface area contributed by atoms with Gasteiger partial charge in [0, 0.05) is 18.9 Å². The standard InChI is InChI=1S/C12H20N4OS/c1-13-7-10-8-16(15-14-10)11-2-4-17-12(6-11)3-5-18-9-12/h8,11,13H,2-7,9H2,1H3. The van der Waals surface area contributed by atoms with E-state index < -0.39 is 0 Å². The molecule has 2 aliphatic rings. The van der Waals surface area contributed by atoms with Crippen LogP contribution in [-0.2, 0) is 11.3 Å². The van der Waals surface area contributed by atoms with Gasteiger partial charge in [-0.2, -0.15) is 11.8 Å². The second-order valence-electron chi connectivity index (χ2n) is 5.20. The highest BCUT2D eigenvalue weighted by molar-refractivity contribution is 7.99. The number of hydrogen-bond donors (Lipinski definition) is 1. The summed E-state index contributed by atoms with van der Waals surface area (Å²) in [6.45, 7) is 1.64. The van der Waals surface area contributed by atoms with E-state index in [0.717, 1.165) is 37.4 Å². The summed E-state index contributed by atoms with van der Waals surface area (Å²) in [6.07, 6.45) is 5.39. The van der Waals surface area contributed by atoms with Gasteiger partial charge < -0.3 is 10.1 Å². The molecule has 2 saturated heterocycles. The average molecular weight is 268 g/mol. The molecule has 18 heavy (non-hydrogen) atoms. The molecule has 0 aliphatic carbocycles. The minimum absolute atomic E-state index is 0.114. The van der Waals surface area contributed by atoms with Crippen molar-refractivity contribution in [2.45, 2.75) is 37.5 Å². The third-order valence-electron chi connectivity index (χ3n) is 3.82. The first-order valence-corrected chi connectivity index (χ1v) is 7.74. The summed E-state index contributed by atoms with van der Waals surface area (Å²) >= 11 is 2.01. The van der Waals surface area contributed by atoms with E-state index in [1.54, 1.807) is 0 Å². The molecule has 2 aliphatic heterocycles. The molecule has 100 valence electrons. The van der Waals surface area contributed by atoms with Crippen LogP contribution in [0.1, 0.15) is 31.0 Å². The van der Waals surface area contributed by atoms with E-state index in [1.807, 2.05) is 23.5 Å². The molecule has 2 fully saturated rings. The summed E-state index contributed by atoms with van der Waals surface area (Å²) in [6, 6.07) is 0.454. The molecular formula is C12H20N4OS. The van der Waals surface area contributed by atoms with E-state index in [9.17, 15) is 0 Å². The first kappa shape index (κ1) is 12.4. The molecule has 2 unspecified atom stereocenters. The highest BCUT2D eigenvalue weighted by Gasteiger charge is 2.41. The summed E-state index contributed by atoms with van der Waals surface area (Å²) < 4.78 is 8.08. The van der Waals surface area contributed by atoms with Gasteiger partial charge in [0.25, 0.3) is 0 Å². The normalized spacial score (nSPS) is 32.2. The molecule has 0 amide bonds. The van der Waals surface area contributed by atoms with Gasteiger partial charge in [-0.25, -0.2) is 4.68 Å². The molecule has 0 aromatic carbocycles. The number of thioether (sulfide) groups is 1. The van der Waals surface area contributed by atoms with Gasteiger partial charge in [0.2, 0.25) is 0 Å². The summed E-state index contributed by atoms with van der Waals surface area (Å²) in [5.74, 6) is 2.37. The summed E-state index contributed by atoms with van der Waals surface area (Å²) in [7, 11) is 1.93. The number of nitrogens with one attached hydrogen (secondary N) is 1.